The fourth-order valence-corrected chi connectivity index (χ4v) is 4.77. The number of nitrogens with one attached hydrogen (secondary N) is 1. The molecule has 36 heavy (non-hydrogen) atoms. The largest absolute Gasteiger partial charge is 0.493 e. The van der Waals surface area contributed by atoms with Crippen molar-refractivity contribution in [2.75, 3.05) is 11.9 Å². The van der Waals surface area contributed by atoms with E-state index in [2.05, 4.69) is 34.6 Å². The Hall–Kier alpha value is -4.50. The molecule has 0 aliphatic rings. The van der Waals surface area contributed by atoms with Crippen molar-refractivity contribution < 1.29 is 18.9 Å². The molecule has 0 saturated carbocycles. The number of nitro groups is 1. The van der Waals surface area contributed by atoms with Gasteiger partial charge in [-0.3, -0.25) is 20.2 Å². The Morgan fingerprint density at radius 2 is 1.97 bits per heavy atom. The normalized spacial score (nSPS) is 11.7. The third-order valence-corrected chi connectivity index (χ3v) is 6.60. The molecule has 2 heterocycles. The first kappa shape index (κ1) is 23.3. The second kappa shape index (κ2) is 9.63. The van der Waals surface area contributed by atoms with Gasteiger partial charge >= 0.3 is 5.00 Å². The van der Waals surface area contributed by atoms with E-state index in [1.54, 1.807) is 6.26 Å². The van der Waals surface area contributed by atoms with Crippen LogP contribution in [0.1, 0.15) is 19.4 Å². The summed E-state index contributed by atoms with van der Waals surface area (Å²) in [5, 5.41) is 16.6. The lowest BCUT2D eigenvalue weighted by molar-refractivity contribution is -0.380. The minimum atomic E-state index is -0.545. The lowest BCUT2D eigenvalue weighted by Gasteiger charge is -2.12. The number of hydrogen-bond acceptors (Lipinski definition) is 7. The minimum absolute atomic E-state index is 0.143. The van der Waals surface area contributed by atoms with Crippen molar-refractivity contribution in [1.82, 2.24) is 4.98 Å². The summed E-state index contributed by atoms with van der Waals surface area (Å²) < 4.78 is 11.8. The first-order valence-electron chi connectivity index (χ1n) is 11.2. The number of hydrogen-bond donors (Lipinski definition) is 1. The van der Waals surface area contributed by atoms with Crippen LogP contribution < -0.4 is 10.1 Å². The van der Waals surface area contributed by atoms with E-state index in [9.17, 15) is 14.9 Å². The van der Waals surface area contributed by atoms with Crippen molar-refractivity contribution in [3.05, 3.63) is 88.8 Å². The highest BCUT2D eigenvalue weighted by molar-refractivity contribution is 7.18. The Bertz CT molecular complexity index is 1640. The van der Waals surface area contributed by atoms with Gasteiger partial charge in [-0.25, -0.2) is 4.98 Å². The summed E-state index contributed by atoms with van der Waals surface area (Å²) in [5.41, 5.74) is 4.07. The predicted molar refractivity (Wildman–Crippen MR) is 141 cm³/mol. The molecule has 2 aromatic heterocycles. The standard InChI is InChI=1S/C27H21N3O5S/c1-3-34-23-13-24-21(22(15-35-24)19-10-6-8-17-7-4-5-9-18(17)19)12-20(23)16(2)11-25(31)29-27-28-14-26(36-27)30(32)33/h4-15H,3H2,1-2H3,(H,28,29,31)/b16-11+. The number of carbonyl (C=O) groups is 1. The summed E-state index contributed by atoms with van der Waals surface area (Å²) in [6.07, 6.45) is 4.29. The number of allylic oxidation sites excluding steroid dienone is 1. The Morgan fingerprint density at radius 1 is 1.17 bits per heavy atom. The van der Waals surface area contributed by atoms with E-state index in [1.807, 2.05) is 44.2 Å². The molecule has 5 rings (SSSR count). The highest BCUT2D eigenvalue weighted by Crippen LogP contribution is 2.39. The third-order valence-electron chi connectivity index (χ3n) is 5.73. The SMILES string of the molecule is CCOc1cc2occ(-c3cccc4ccccc34)c2cc1/C(C)=C/C(=O)Nc1ncc([N+](=O)[O-])s1. The Morgan fingerprint density at radius 3 is 2.75 bits per heavy atom. The summed E-state index contributed by atoms with van der Waals surface area (Å²) in [6, 6.07) is 18.1. The molecule has 1 amide bonds. The van der Waals surface area contributed by atoms with Crippen LogP contribution in [-0.4, -0.2) is 22.4 Å². The Labute approximate surface area is 210 Å². The molecule has 9 heteroatoms. The van der Waals surface area contributed by atoms with Crippen LogP contribution in [0.5, 0.6) is 5.75 Å². The van der Waals surface area contributed by atoms with Crippen molar-refractivity contribution in [3.8, 4) is 16.9 Å². The van der Waals surface area contributed by atoms with E-state index in [1.165, 1.54) is 6.08 Å². The molecule has 0 spiro atoms. The molecule has 8 nitrogen and oxygen atoms in total. The molecular formula is C27H21N3O5S. The maximum absolute atomic E-state index is 12.6. The van der Waals surface area contributed by atoms with Crippen molar-refractivity contribution in [1.29, 1.82) is 0 Å². The van der Waals surface area contributed by atoms with Crippen molar-refractivity contribution in [2.24, 2.45) is 0 Å². The third kappa shape index (κ3) is 4.44. The monoisotopic (exact) mass is 499 g/mol. The molecule has 5 aromatic rings. The first-order valence-corrected chi connectivity index (χ1v) is 12.0. The molecule has 0 saturated heterocycles. The molecule has 0 radical (unpaired) electrons. The van der Waals surface area contributed by atoms with E-state index >= 15 is 0 Å². The lowest BCUT2D eigenvalue weighted by Crippen LogP contribution is -2.08. The van der Waals surface area contributed by atoms with Gasteiger partial charge in [0.1, 0.15) is 17.5 Å². The van der Waals surface area contributed by atoms with E-state index in [0.717, 1.165) is 50.4 Å². The van der Waals surface area contributed by atoms with E-state index in [0.29, 0.717) is 23.5 Å². The van der Waals surface area contributed by atoms with E-state index < -0.39 is 10.8 Å². The molecule has 0 fully saturated rings. The van der Waals surface area contributed by atoms with Gasteiger partial charge in [0.05, 0.1) is 17.8 Å². The summed E-state index contributed by atoms with van der Waals surface area (Å²) in [5.74, 6) is 0.149. The second-order valence-electron chi connectivity index (χ2n) is 8.03. The summed E-state index contributed by atoms with van der Waals surface area (Å²) >= 11 is 0.798. The molecule has 180 valence electrons. The quantitative estimate of drug-likeness (QED) is 0.146. The number of aromatic nitrogens is 1. The van der Waals surface area contributed by atoms with Crippen LogP contribution in [0.4, 0.5) is 10.1 Å². The Balaban J connectivity index is 1.55. The number of rotatable bonds is 7. The van der Waals surface area contributed by atoms with Crippen molar-refractivity contribution in [3.63, 3.8) is 0 Å². The number of thiazole rings is 1. The maximum atomic E-state index is 12.6. The molecule has 3 aromatic carbocycles. The second-order valence-corrected chi connectivity index (χ2v) is 9.04. The van der Waals surface area contributed by atoms with Gasteiger partial charge in [0.2, 0.25) is 5.91 Å². The van der Waals surface area contributed by atoms with Crippen LogP contribution in [0.3, 0.4) is 0 Å². The molecular weight excluding hydrogens is 478 g/mol. The smallest absolute Gasteiger partial charge is 0.345 e. The molecule has 0 bridgehead atoms. The van der Waals surface area contributed by atoms with E-state index in [4.69, 9.17) is 9.15 Å². The van der Waals surface area contributed by atoms with Gasteiger partial charge < -0.3 is 9.15 Å². The van der Waals surface area contributed by atoms with Gasteiger partial charge in [-0.1, -0.05) is 42.5 Å². The summed E-state index contributed by atoms with van der Waals surface area (Å²) in [6.45, 7) is 4.14. The number of carbonyl (C=O) groups excluding carboxylic acids is 1. The summed E-state index contributed by atoms with van der Waals surface area (Å²) in [4.78, 5) is 26.9. The number of anilines is 1. The van der Waals surface area contributed by atoms with Gasteiger partial charge in [-0.15, -0.1) is 0 Å². The van der Waals surface area contributed by atoms with Crippen molar-refractivity contribution >= 4 is 54.7 Å². The van der Waals surface area contributed by atoms with Crippen LogP contribution in [0.25, 0.3) is 38.4 Å². The number of amides is 1. The average molecular weight is 500 g/mol. The van der Waals surface area contributed by atoms with Crippen LogP contribution in [0, 0.1) is 10.1 Å². The number of fused-ring (bicyclic) bond motifs is 2. The number of furan rings is 1. The molecule has 0 aliphatic carbocycles. The van der Waals surface area contributed by atoms with E-state index in [-0.39, 0.29) is 10.1 Å². The lowest BCUT2D eigenvalue weighted by atomic mass is 9.96. The summed E-state index contributed by atoms with van der Waals surface area (Å²) in [7, 11) is 0. The zero-order valence-corrected chi connectivity index (χ0v) is 20.3. The number of ether oxygens (including phenoxy) is 1. The predicted octanol–water partition coefficient (Wildman–Crippen LogP) is 7.06. The zero-order valence-electron chi connectivity index (χ0n) is 19.5. The van der Waals surface area contributed by atoms with Crippen LogP contribution in [0.15, 0.2) is 77.6 Å². The average Bonchev–Trinajstić information content (AvgIpc) is 3.50. The number of benzene rings is 3. The van der Waals surface area contributed by atoms with Crippen molar-refractivity contribution in [2.45, 2.75) is 13.8 Å². The van der Waals surface area contributed by atoms with Crippen LogP contribution in [0.2, 0.25) is 0 Å². The maximum Gasteiger partial charge on any atom is 0.345 e. The van der Waals surface area contributed by atoms with Crippen LogP contribution in [-0.2, 0) is 4.79 Å². The van der Waals surface area contributed by atoms with Gasteiger partial charge in [0.15, 0.2) is 5.13 Å². The molecule has 0 aliphatic heterocycles. The van der Waals surface area contributed by atoms with Gasteiger partial charge in [0.25, 0.3) is 0 Å². The highest BCUT2D eigenvalue weighted by atomic mass is 32.1. The van der Waals surface area contributed by atoms with Crippen LogP contribution >= 0.6 is 11.3 Å². The molecule has 0 unspecified atom stereocenters. The molecule has 0 atom stereocenters. The minimum Gasteiger partial charge on any atom is -0.493 e. The number of nitrogens with zero attached hydrogens (tertiary/aromatic N) is 2. The fraction of sp³-hybridized carbons (Fsp3) is 0.111. The first-order chi connectivity index (χ1) is 17.4. The Kier molecular flexibility index (Phi) is 6.22. The topological polar surface area (TPSA) is 108 Å². The molecule has 1 N–H and O–H groups in total. The van der Waals surface area contributed by atoms with Gasteiger partial charge in [-0.05, 0) is 53.2 Å². The van der Waals surface area contributed by atoms with Gasteiger partial charge in [-0.2, -0.15) is 0 Å². The van der Waals surface area contributed by atoms with Gasteiger partial charge in [0, 0.05) is 28.7 Å². The zero-order chi connectivity index (χ0) is 25.2. The highest BCUT2D eigenvalue weighted by Gasteiger charge is 2.17. The fourth-order valence-electron chi connectivity index (χ4n) is 4.13.